The zero-order chi connectivity index (χ0) is 31.0. The molecule has 0 unspecified atom stereocenters. The Morgan fingerprint density at radius 3 is 2.15 bits per heavy atom. The molecule has 0 aromatic heterocycles. The van der Waals surface area contributed by atoms with Gasteiger partial charge in [0.1, 0.15) is 17.7 Å². The third kappa shape index (κ3) is 11.0. The lowest BCUT2D eigenvalue weighted by Crippen LogP contribution is -2.67. The summed E-state index contributed by atoms with van der Waals surface area (Å²) in [7, 11) is 0. The molecule has 2 rings (SSSR count). The Labute approximate surface area is 234 Å². The van der Waals surface area contributed by atoms with Crippen LogP contribution in [0.5, 0.6) is 0 Å². The van der Waals surface area contributed by atoms with Crippen LogP contribution in [-0.4, -0.2) is 104 Å². The average Bonchev–Trinajstić information content (AvgIpc) is 2.84. The molecule has 0 aromatic carbocycles. The summed E-state index contributed by atoms with van der Waals surface area (Å²) in [5.41, 5.74) is 8.16. The number of hydrogen-bond donors (Lipinski definition) is 1. The molecule has 232 valence electrons. The molecule has 1 N–H and O–H groups in total. The number of carbonyl (C=O) groups excluding carboxylic acids is 4. The van der Waals surface area contributed by atoms with Crippen molar-refractivity contribution in [1.82, 2.24) is 10.2 Å². The number of azide groups is 1. The van der Waals surface area contributed by atoms with Crippen molar-refractivity contribution in [3.63, 3.8) is 0 Å². The molecule has 0 bridgehead atoms. The van der Waals surface area contributed by atoms with Gasteiger partial charge in [0.25, 0.3) is 0 Å². The predicted octanol–water partition coefficient (Wildman–Crippen LogP) is 2.00. The number of hydrogen-bond acceptors (Lipinski definition) is 11. The Kier molecular flexibility index (Phi) is 12.2. The molecule has 0 aliphatic carbocycles. The lowest BCUT2D eigenvalue weighted by Gasteiger charge is -2.45. The highest BCUT2D eigenvalue weighted by Gasteiger charge is 2.53. The number of carbonyl (C=O) groups is 4. The summed E-state index contributed by atoms with van der Waals surface area (Å²) in [6.45, 7) is 8.12. The summed E-state index contributed by atoms with van der Waals surface area (Å²) in [5, 5.41) is 5.10. The highest BCUT2D eigenvalue weighted by Crippen LogP contribution is 2.29. The first kappa shape index (κ1) is 34.1. The fourth-order valence-electron chi connectivity index (χ4n) is 4.44. The number of halogens is 3. The highest BCUT2D eigenvalue weighted by atomic mass is 19.4. The Hall–Kier alpha value is -3.14. The van der Waals surface area contributed by atoms with E-state index < -0.39 is 66.8 Å². The quantitative estimate of drug-likeness (QED) is 0.129. The van der Waals surface area contributed by atoms with Crippen LogP contribution in [0.2, 0.25) is 0 Å². The van der Waals surface area contributed by atoms with Gasteiger partial charge in [0.15, 0.2) is 18.5 Å². The van der Waals surface area contributed by atoms with Crippen molar-refractivity contribution in [2.45, 2.75) is 89.9 Å². The minimum absolute atomic E-state index is 0.0978. The number of rotatable bonds is 10. The Bertz CT molecular complexity index is 992. The maximum absolute atomic E-state index is 13.2. The molecule has 2 fully saturated rings. The van der Waals surface area contributed by atoms with Gasteiger partial charge >= 0.3 is 30.0 Å². The van der Waals surface area contributed by atoms with Crippen molar-refractivity contribution in [3.05, 3.63) is 10.4 Å². The first-order valence-corrected chi connectivity index (χ1v) is 13.0. The Morgan fingerprint density at radius 1 is 1.05 bits per heavy atom. The normalized spacial score (nSPS) is 25.9. The fraction of sp³-hybridized carbons (Fsp3) is 0.833. The minimum atomic E-state index is -5.30. The molecule has 1 amide bonds. The first-order chi connectivity index (χ1) is 19.0. The van der Waals surface area contributed by atoms with Gasteiger partial charge in [-0.1, -0.05) is 5.11 Å². The van der Waals surface area contributed by atoms with Crippen LogP contribution in [0.1, 0.15) is 47.5 Å². The number of amides is 1. The van der Waals surface area contributed by atoms with Gasteiger partial charge in [-0.05, 0) is 52.2 Å². The third-order valence-corrected chi connectivity index (χ3v) is 6.15. The van der Waals surface area contributed by atoms with Crippen LogP contribution < -0.4 is 5.32 Å². The second-order valence-electron chi connectivity index (χ2n) is 10.6. The summed E-state index contributed by atoms with van der Waals surface area (Å²) in [6.07, 6.45) is -10.3. The van der Waals surface area contributed by atoms with Gasteiger partial charge in [-0.2, -0.15) is 13.2 Å². The van der Waals surface area contributed by atoms with E-state index in [0.29, 0.717) is 25.9 Å². The van der Waals surface area contributed by atoms with E-state index in [1.54, 1.807) is 26.1 Å². The SMILES string of the molecule is CC(=O)O[C@@H]1[C@@H](NC(=O)C(F)(F)F)[C@H](OCCN2CCC(C(=O)OC(C)(C)C)CC2)O[C@H](CN=[N+]=[N-])[C@H]1OC(C)=O. The van der Waals surface area contributed by atoms with Crippen LogP contribution in [0.4, 0.5) is 13.2 Å². The van der Waals surface area contributed by atoms with E-state index in [9.17, 15) is 32.3 Å². The van der Waals surface area contributed by atoms with Gasteiger partial charge in [0, 0.05) is 25.3 Å². The lowest BCUT2D eigenvalue weighted by molar-refractivity contribution is -0.271. The van der Waals surface area contributed by atoms with Crippen LogP contribution in [0.15, 0.2) is 5.11 Å². The smallest absolute Gasteiger partial charge is 0.460 e. The van der Waals surface area contributed by atoms with Crippen LogP contribution in [0.3, 0.4) is 0 Å². The van der Waals surface area contributed by atoms with E-state index >= 15 is 0 Å². The van der Waals surface area contributed by atoms with Crippen LogP contribution >= 0.6 is 0 Å². The van der Waals surface area contributed by atoms with Gasteiger partial charge in [0.05, 0.1) is 19.1 Å². The number of esters is 3. The van der Waals surface area contributed by atoms with Gasteiger partial charge in [0.2, 0.25) is 0 Å². The maximum atomic E-state index is 13.2. The van der Waals surface area contributed by atoms with E-state index in [-0.39, 0.29) is 25.0 Å². The molecule has 0 spiro atoms. The minimum Gasteiger partial charge on any atom is -0.460 e. The summed E-state index contributed by atoms with van der Waals surface area (Å²) < 4.78 is 66.7. The topological polar surface area (TPSA) is 178 Å². The molecule has 2 heterocycles. The van der Waals surface area contributed by atoms with E-state index in [1.165, 1.54) is 0 Å². The van der Waals surface area contributed by atoms with Crippen molar-refractivity contribution in [3.8, 4) is 0 Å². The van der Waals surface area contributed by atoms with Crippen molar-refractivity contribution < 1.29 is 56.0 Å². The predicted molar refractivity (Wildman–Crippen MR) is 133 cm³/mol. The standard InChI is InChI=1S/C24H36F3N5O9/c1-13(33)38-18-16(12-29-31-28)40-21(17(19(18)39-14(2)34)30-22(36)24(25,26)27)37-11-10-32-8-6-15(7-9-32)20(35)41-23(3,4)5/h15-19,21H,6-12H2,1-5H3,(H,30,36)/t16-,17-,18-,19-,21-/m1/s1. The largest absolute Gasteiger partial charge is 0.471 e. The molecule has 2 aliphatic heterocycles. The molecule has 0 aromatic rings. The van der Waals surface area contributed by atoms with Crippen molar-refractivity contribution in [2.75, 3.05) is 32.8 Å². The van der Waals surface area contributed by atoms with Crippen LogP contribution in [0, 0.1) is 5.92 Å². The Balaban J connectivity index is 2.18. The average molecular weight is 596 g/mol. The van der Waals surface area contributed by atoms with E-state index in [2.05, 4.69) is 10.0 Å². The van der Waals surface area contributed by atoms with Crippen LogP contribution in [-0.2, 0) is 42.9 Å². The number of piperidine rings is 1. The Morgan fingerprint density at radius 2 is 1.63 bits per heavy atom. The number of nitrogens with zero attached hydrogens (tertiary/aromatic N) is 4. The molecule has 2 aliphatic rings. The third-order valence-electron chi connectivity index (χ3n) is 6.15. The molecule has 41 heavy (non-hydrogen) atoms. The first-order valence-electron chi connectivity index (χ1n) is 13.0. The van der Waals surface area contributed by atoms with Gasteiger partial charge in [-0.3, -0.25) is 19.2 Å². The highest BCUT2D eigenvalue weighted by molar-refractivity contribution is 5.82. The molecular formula is C24H36F3N5O9. The van der Waals surface area contributed by atoms with Crippen molar-refractivity contribution in [1.29, 1.82) is 0 Å². The number of ether oxygens (including phenoxy) is 5. The zero-order valence-electron chi connectivity index (χ0n) is 23.5. The van der Waals surface area contributed by atoms with E-state index in [0.717, 1.165) is 13.8 Å². The van der Waals surface area contributed by atoms with Gasteiger partial charge in [-0.15, -0.1) is 0 Å². The molecule has 5 atom stereocenters. The second-order valence-corrected chi connectivity index (χ2v) is 10.6. The van der Waals surface area contributed by atoms with Gasteiger partial charge < -0.3 is 33.9 Å². The van der Waals surface area contributed by atoms with Crippen molar-refractivity contribution in [2.24, 2.45) is 11.0 Å². The van der Waals surface area contributed by atoms with Gasteiger partial charge in [-0.25, -0.2) is 0 Å². The monoisotopic (exact) mass is 595 g/mol. The van der Waals surface area contributed by atoms with E-state index in [1.807, 2.05) is 4.90 Å². The molecule has 2 saturated heterocycles. The molecule has 0 radical (unpaired) electrons. The second kappa shape index (κ2) is 14.7. The summed E-state index contributed by atoms with van der Waals surface area (Å²) >= 11 is 0. The maximum Gasteiger partial charge on any atom is 0.471 e. The number of nitrogens with one attached hydrogen (secondary N) is 1. The summed E-state index contributed by atoms with van der Waals surface area (Å²) in [5.74, 6) is -4.75. The molecule has 17 heteroatoms. The summed E-state index contributed by atoms with van der Waals surface area (Å²) in [4.78, 5) is 52.4. The fourth-order valence-corrected chi connectivity index (χ4v) is 4.44. The number of alkyl halides is 3. The number of likely N-dealkylation sites (tertiary alicyclic amines) is 1. The van der Waals surface area contributed by atoms with Crippen molar-refractivity contribution >= 4 is 23.8 Å². The summed E-state index contributed by atoms with van der Waals surface area (Å²) in [6, 6.07) is -1.75. The van der Waals surface area contributed by atoms with E-state index in [4.69, 9.17) is 29.2 Å². The lowest BCUT2D eigenvalue weighted by atomic mass is 9.95. The van der Waals surface area contributed by atoms with Crippen LogP contribution in [0.25, 0.3) is 10.4 Å². The zero-order valence-corrected chi connectivity index (χ0v) is 23.5. The molecular weight excluding hydrogens is 559 g/mol. The molecule has 14 nitrogen and oxygen atoms in total. The molecule has 0 saturated carbocycles.